The highest BCUT2D eigenvalue weighted by molar-refractivity contribution is 7.89. The number of hydrogen-bond acceptors (Lipinski definition) is 4. The van der Waals surface area contributed by atoms with E-state index in [0.717, 1.165) is 24.8 Å². The molecule has 8 heteroatoms. The van der Waals surface area contributed by atoms with Gasteiger partial charge in [-0.05, 0) is 44.0 Å². The molecule has 0 aliphatic heterocycles. The number of benzene rings is 1. The predicted molar refractivity (Wildman–Crippen MR) is 97.2 cm³/mol. The van der Waals surface area contributed by atoms with Crippen molar-refractivity contribution in [1.82, 2.24) is 9.62 Å². The highest BCUT2D eigenvalue weighted by atomic mass is 32.2. The van der Waals surface area contributed by atoms with Crippen LogP contribution in [-0.4, -0.2) is 49.9 Å². The molecule has 0 aromatic heterocycles. The van der Waals surface area contributed by atoms with Gasteiger partial charge >= 0.3 is 5.97 Å². The molecule has 2 rings (SSSR count). The normalized spacial score (nSPS) is 16.8. The molecule has 0 spiro atoms. The van der Waals surface area contributed by atoms with Crippen LogP contribution in [0.1, 0.15) is 44.1 Å². The third-order valence-electron chi connectivity index (χ3n) is 5.22. The number of carbonyl (C=O) groups excluding carboxylic acids is 1. The van der Waals surface area contributed by atoms with Crippen LogP contribution in [0.2, 0.25) is 0 Å². The van der Waals surface area contributed by atoms with Gasteiger partial charge in [0.2, 0.25) is 15.9 Å². The zero-order chi connectivity index (χ0) is 19.4. The second kappa shape index (κ2) is 8.18. The van der Waals surface area contributed by atoms with Crippen molar-refractivity contribution in [3.05, 3.63) is 29.8 Å². The first-order valence-corrected chi connectivity index (χ1v) is 10.2. The summed E-state index contributed by atoms with van der Waals surface area (Å²) in [7, 11) is -0.560. The zero-order valence-corrected chi connectivity index (χ0v) is 16.0. The minimum Gasteiger partial charge on any atom is -0.479 e. The fraction of sp³-hybridized carbons (Fsp3) is 0.556. The molecule has 1 aromatic carbocycles. The van der Waals surface area contributed by atoms with Gasteiger partial charge in [-0.15, -0.1) is 0 Å². The molecule has 1 fully saturated rings. The van der Waals surface area contributed by atoms with Gasteiger partial charge in [0.15, 0.2) is 0 Å². The number of aliphatic carboxylic acids is 1. The number of amides is 1. The fourth-order valence-corrected chi connectivity index (χ4v) is 4.17. The van der Waals surface area contributed by atoms with Crippen molar-refractivity contribution >= 4 is 21.9 Å². The molecule has 0 unspecified atom stereocenters. The molecular weight excluding hydrogens is 356 g/mol. The third-order valence-corrected chi connectivity index (χ3v) is 6.66. The van der Waals surface area contributed by atoms with E-state index < -0.39 is 21.5 Å². The molecule has 0 bridgehead atoms. The van der Waals surface area contributed by atoms with E-state index in [1.807, 2.05) is 0 Å². The molecule has 0 atom stereocenters. The molecule has 2 N–H and O–H groups in total. The van der Waals surface area contributed by atoms with E-state index in [1.54, 1.807) is 19.2 Å². The Morgan fingerprint density at radius 3 is 2.23 bits per heavy atom. The van der Waals surface area contributed by atoms with Gasteiger partial charge in [-0.1, -0.05) is 31.4 Å². The summed E-state index contributed by atoms with van der Waals surface area (Å²) in [5, 5.41) is 9.67. The average Bonchev–Trinajstić information content (AvgIpc) is 2.66. The quantitative estimate of drug-likeness (QED) is 0.748. The van der Waals surface area contributed by atoms with E-state index >= 15 is 0 Å². The van der Waals surface area contributed by atoms with Crippen molar-refractivity contribution in [2.75, 3.05) is 14.1 Å². The molecule has 7 nitrogen and oxygen atoms in total. The maximum Gasteiger partial charge on any atom is 0.329 e. The molecule has 1 aliphatic rings. The fourth-order valence-electron chi connectivity index (χ4n) is 3.44. The number of aryl methyl sites for hydroxylation is 1. The van der Waals surface area contributed by atoms with E-state index in [1.165, 1.54) is 24.1 Å². The Hall–Kier alpha value is -1.93. The molecular formula is C18H26N2O5S. The highest BCUT2D eigenvalue weighted by Gasteiger charge is 2.45. The highest BCUT2D eigenvalue weighted by Crippen LogP contribution is 2.33. The molecule has 1 amide bonds. The predicted octanol–water partition coefficient (Wildman–Crippen LogP) is 1.77. The minimum atomic E-state index is -3.48. The number of nitrogens with zero attached hydrogens (tertiary/aromatic N) is 1. The summed E-state index contributed by atoms with van der Waals surface area (Å²) in [5.41, 5.74) is -0.269. The third kappa shape index (κ3) is 4.24. The number of carbonyl (C=O) groups is 2. The SMILES string of the molecule is CNS(=O)(=O)c1ccc(CCC(=O)N(C)C2(C(=O)O)CCCCC2)cc1. The lowest BCUT2D eigenvalue weighted by Crippen LogP contribution is -2.56. The van der Waals surface area contributed by atoms with Gasteiger partial charge in [-0.2, -0.15) is 0 Å². The van der Waals surface area contributed by atoms with E-state index in [2.05, 4.69) is 4.72 Å². The van der Waals surface area contributed by atoms with Gasteiger partial charge in [-0.3, -0.25) is 4.79 Å². The van der Waals surface area contributed by atoms with Crippen LogP contribution in [0.25, 0.3) is 0 Å². The summed E-state index contributed by atoms with van der Waals surface area (Å²) in [5.74, 6) is -1.14. The smallest absolute Gasteiger partial charge is 0.329 e. The molecule has 0 saturated heterocycles. The van der Waals surface area contributed by atoms with Crippen molar-refractivity contribution in [2.45, 2.75) is 55.4 Å². The Kier molecular flexibility index (Phi) is 6.41. The number of rotatable bonds is 7. The summed E-state index contributed by atoms with van der Waals surface area (Å²) in [6.45, 7) is 0. The van der Waals surface area contributed by atoms with Crippen LogP contribution in [0.4, 0.5) is 0 Å². The van der Waals surface area contributed by atoms with Crippen LogP contribution in [-0.2, 0) is 26.0 Å². The summed E-state index contributed by atoms with van der Waals surface area (Å²) < 4.78 is 25.7. The van der Waals surface area contributed by atoms with Gasteiger partial charge < -0.3 is 10.0 Å². The first-order chi connectivity index (χ1) is 12.2. The van der Waals surface area contributed by atoms with Crippen LogP contribution in [0.5, 0.6) is 0 Å². The number of carboxylic acids is 1. The first kappa shape index (κ1) is 20.4. The Balaban J connectivity index is 2.02. The Bertz CT molecular complexity index is 752. The summed E-state index contributed by atoms with van der Waals surface area (Å²) in [6.07, 6.45) is 4.21. The van der Waals surface area contributed by atoms with Crippen LogP contribution in [0, 0.1) is 0 Å². The van der Waals surface area contributed by atoms with Gasteiger partial charge in [0.1, 0.15) is 5.54 Å². The molecule has 144 valence electrons. The second-order valence-electron chi connectivity index (χ2n) is 6.70. The van der Waals surface area contributed by atoms with Crippen molar-refractivity contribution in [2.24, 2.45) is 0 Å². The van der Waals surface area contributed by atoms with Gasteiger partial charge in [-0.25, -0.2) is 17.9 Å². The van der Waals surface area contributed by atoms with Crippen molar-refractivity contribution in [3.63, 3.8) is 0 Å². The largest absolute Gasteiger partial charge is 0.479 e. The van der Waals surface area contributed by atoms with Crippen LogP contribution in [0.3, 0.4) is 0 Å². The lowest BCUT2D eigenvalue weighted by atomic mass is 9.80. The second-order valence-corrected chi connectivity index (χ2v) is 8.59. The Morgan fingerprint density at radius 1 is 1.15 bits per heavy atom. The van der Waals surface area contributed by atoms with Crippen LogP contribution in [0.15, 0.2) is 29.2 Å². The average molecular weight is 382 g/mol. The molecule has 1 saturated carbocycles. The van der Waals surface area contributed by atoms with Crippen molar-refractivity contribution in [3.8, 4) is 0 Å². The lowest BCUT2D eigenvalue weighted by molar-refractivity contribution is -0.160. The Labute approximate surface area is 154 Å². The first-order valence-electron chi connectivity index (χ1n) is 8.75. The topological polar surface area (TPSA) is 104 Å². The van der Waals surface area contributed by atoms with Gasteiger partial charge in [0, 0.05) is 13.5 Å². The van der Waals surface area contributed by atoms with Crippen molar-refractivity contribution < 1.29 is 23.1 Å². The minimum absolute atomic E-state index is 0.166. The molecule has 1 aliphatic carbocycles. The number of sulfonamides is 1. The van der Waals surface area contributed by atoms with E-state index in [-0.39, 0.29) is 17.2 Å². The number of nitrogens with one attached hydrogen (secondary N) is 1. The number of carboxylic acid groups (broad SMARTS) is 1. The summed E-state index contributed by atoms with van der Waals surface area (Å²) in [6, 6.07) is 6.33. The monoisotopic (exact) mass is 382 g/mol. The summed E-state index contributed by atoms with van der Waals surface area (Å²) in [4.78, 5) is 25.9. The van der Waals surface area contributed by atoms with Crippen LogP contribution < -0.4 is 4.72 Å². The zero-order valence-electron chi connectivity index (χ0n) is 15.2. The number of hydrogen-bond donors (Lipinski definition) is 2. The lowest BCUT2D eigenvalue weighted by Gasteiger charge is -2.41. The number of likely N-dealkylation sites (N-methyl/N-ethyl adjacent to an activating group) is 1. The van der Waals surface area contributed by atoms with Crippen LogP contribution >= 0.6 is 0 Å². The van der Waals surface area contributed by atoms with Crippen molar-refractivity contribution in [1.29, 1.82) is 0 Å². The van der Waals surface area contributed by atoms with E-state index in [9.17, 15) is 23.1 Å². The maximum absolute atomic E-state index is 12.6. The van der Waals surface area contributed by atoms with E-state index in [4.69, 9.17) is 0 Å². The molecule has 26 heavy (non-hydrogen) atoms. The standard InChI is InChI=1S/C18H26N2O5S/c1-19-26(24,25)15-9-6-14(7-10-15)8-11-16(21)20(2)18(17(22)23)12-4-3-5-13-18/h6-7,9-10,19H,3-5,8,11-13H2,1-2H3,(H,22,23). The molecule has 1 aromatic rings. The summed E-state index contributed by atoms with van der Waals surface area (Å²) >= 11 is 0. The van der Waals surface area contributed by atoms with E-state index in [0.29, 0.717) is 19.3 Å². The molecule has 0 radical (unpaired) electrons. The van der Waals surface area contributed by atoms with Gasteiger partial charge in [0.25, 0.3) is 0 Å². The van der Waals surface area contributed by atoms with Gasteiger partial charge in [0.05, 0.1) is 4.90 Å². The maximum atomic E-state index is 12.6. The molecule has 0 heterocycles. The Morgan fingerprint density at radius 2 is 1.73 bits per heavy atom.